The third-order valence-electron chi connectivity index (χ3n) is 0.986. The smallest absolute Gasteiger partial charge is 0.334 e. The Bertz CT molecular complexity index is 206. The first-order valence-electron chi connectivity index (χ1n) is 3.27. The largest absolute Gasteiger partial charge is 0.478 e. The molecule has 0 aliphatic rings. The van der Waals surface area contributed by atoms with E-state index in [1.165, 1.54) is 6.92 Å². The zero-order valence-electron chi connectivity index (χ0n) is 6.61. The van der Waals surface area contributed by atoms with Crippen molar-refractivity contribution in [2.45, 2.75) is 6.92 Å². The van der Waals surface area contributed by atoms with Crippen molar-refractivity contribution in [2.75, 3.05) is 13.2 Å². The second-order valence-corrected chi connectivity index (χ2v) is 2.03. The van der Waals surface area contributed by atoms with Crippen LogP contribution in [0, 0.1) is 0 Å². The van der Waals surface area contributed by atoms with E-state index in [4.69, 9.17) is 10.2 Å². The topological polar surface area (TPSA) is 83.8 Å². The second kappa shape index (κ2) is 5.31. The Morgan fingerprint density at radius 2 is 2.08 bits per heavy atom. The average molecular weight is 174 g/mol. The van der Waals surface area contributed by atoms with Crippen LogP contribution in [0.25, 0.3) is 0 Å². The predicted molar refractivity (Wildman–Crippen MR) is 39.4 cm³/mol. The fourth-order valence-electron chi connectivity index (χ4n) is 0.496. The molecule has 0 saturated heterocycles. The first-order valence-corrected chi connectivity index (χ1v) is 3.27. The van der Waals surface area contributed by atoms with E-state index in [1.807, 2.05) is 0 Å². The molecule has 2 N–H and O–H groups in total. The summed E-state index contributed by atoms with van der Waals surface area (Å²) in [6, 6.07) is 0. The van der Waals surface area contributed by atoms with Crippen LogP contribution >= 0.6 is 0 Å². The number of ether oxygens (including phenoxy) is 1. The first-order chi connectivity index (χ1) is 5.57. The Balaban J connectivity index is 4.01. The van der Waals surface area contributed by atoms with Crippen LogP contribution in [0.2, 0.25) is 0 Å². The zero-order chi connectivity index (χ0) is 9.56. The lowest BCUT2D eigenvalue weighted by atomic mass is 10.3. The standard InChI is InChI=1S/C7H10O5/c1-5(4-6(9)10)7(11)12-3-2-8/h4,8H,2-3H2,1H3,(H,9,10)/b5-4-. The summed E-state index contributed by atoms with van der Waals surface area (Å²) in [6.45, 7) is 0.934. The lowest BCUT2D eigenvalue weighted by Crippen LogP contribution is -2.10. The summed E-state index contributed by atoms with van der Waals surface area (Å²) in [5.41, 5.74) is -0.00375. The molecule has 5 heteroatoms. The molecule has 0 atom stereocenters. The summed E-state index contributed by atoms with van der Waals surface area (Å²) in [5, 5.41) is 16.5. The lowest BCUT2D eigenvalue weighted by molar-refractivity contribution is -0.140. The number of hydrogen-bond donors (Lipinski definition) is 2. The van der Waals surface area contributed by atoms with Gasteiger partial charge in [-0.25, -0.2) is 9.59 Å². The van der Waals surface area contributed by atoms with Crippen molar-refractivity contribution in [3.63, 3.8) is 0 Å². The summed E-state index contributed by atoms with van der Waals surface area (Å²) < 4.78 is 4.43. The number of aliphatic hydroxyl groups is 1. The SMILES string of the molecule is C/C(=C/C(=O)O)C(=O)OCCO. The minimum atomic E-state index is -1.20. The molecule has 0 aromatic carbocycles. The normalized spacial score (nSPS) is 11.0. The molecule has 0 fully saturated rings. The summed E-state index contributed by atoms with van der Waals surface area (Å²) >= 11 is 0. The molecule has 0 rings (SSSR count). The quantitative estimate of drug-likeness (QED) is 0.445. The fourth-order valence-corrected chi connectivity index (χ4v) is 0.496. The zero-order valence-corrected chi connectivity index (χ0v) is 6.61. The van der Waals surface area contributed by atoms with E-state index in [0.29, 0.717) is 0 Å². The highest BCUT2D eigenvalue weighted by Crippen LogP contribution is 1.95. The van der Waals surface area contributed by atoms with Gasteiger partial charge in [-0.3, -0.25) is 0 Å². The van der Waals surface area contributed by atoms with Crippen LogP contribution in [-0.2, 0) is 14.3 Å². The Morgan fingerprint density at radius 1 is 1.50 bits per heavy atom. The van der Waals surface area contributed by atoms with Crippen LogP contribution in [0.4, 0.5) is 0 Å². The van der Waals surface area contributed by atoms with Crippen LogP contribution in [0.1, 0.15) is 6.92 Å². The molecular formula is C7H10O5. The van der Waals surface area contributed by atoms with Crippen molar-refractivity contribution in [3.05, 3.63) is 11.6 Å². The van der Waals surface area contributed by atoms with Crippen LogP contribution in [0.15, 0.2) is 11.6 Å². The van der Waals surface area contributed by atoms with Crippen LogP contribution in [-0.4, -0.2) is 35.4 Å². The molecule has 0 unspecified atom stereocenters. The van der Waals surface area contributed by atoms with Gasteiger partial charge in [-0.05, 0) is 6.92 Å². The number of carboxylic acids is 1. The highest BCUT2D eigenvalue weighted by atomic mass is 16.5. The molecule has 12 heavy (non-hydrogen) atoms. The van der Waals surface area contributed by atoms with Gasteiger partial charge in [-0.2, -0.15) is 0 Å². The van der Waals surface area contributed by atoms with E-state index < -0.39 is 11.9 Å². The minimum Gasteiger partial charge on any atom is -0.478 e. The highest BCUT2D eigenvalue weighted by Gasteiger charge is 2.06. The molecule has 0 heterocycles. The number of carbonyl (C=O) groups is 2. The summed E-state index contributed by atoms with van der Waals surface area (Å²) in [5.74, 6) is -1.93. The molecule has 68 valence electrons. The molecule has 0 amide bonds. The maximum absolute atomic E-state index is 10.8. The molecule has 0 radical (unpaired) electrons. The van der Waals surface area contributed by atoms with Gasteiger partial charge in [0.25, 0.3) is 0 Å². The molecule has 0 aliphatic heterocycles. The predicted octanol–water partition coefficient (Wildman–Crippen LogP) is -0.447. The van der Waals surface area contributed by atoms with E-state index in [-0.39, 0.29) is 18.8 Å². The van der Waals surface area contributed by atoms with E-state index in [1.54, 1.807) is 0 Å². The van der Waals surface area contributed by atoms with Crippen molar-refractivity contribution in [1.29, 1.82) is 0 Å². The molecule has 0 bridgehead atoms. The summed E-state index contributed by atoms with van der Waals surface area (Å²) in [6.07, 6.45) is 0.750. The average Bonchev–Trinajstić information content (AvgIpc) is 1.98. The van der Waals surface area contributed by atoms with Crippen molar-refractivity contribution < 1.29 is 24.5 Å². The Hall–Kier alpha value is -1.36. The number of carbonyl (C=O) groups excluding carboxylic acids is 1. The van der Waals surface area contributed by atoms with Crippen LogP contribution in [0.3, 0.4) is 0 Å². The number of aliphatic carboxylic acids is 1. The maximum atomic E-state index is 10.8. The van der Waals surface area contributed by atoms with Gasteiger partial charge in [0, 0.05) is 11.6 Å². The summed E-state index contributed by atoms with van der Waals surface area (Å²) in [4.78, 5) is 20.8. The molecule has 0 aromatic rings. The molecule has 0 aliphatic carbocycles. The Morgan fingerprint density at radius 3 is 2.50 bits per heavy atom. The van der Waals surface area contributed by atoms with Gasteiger partial charge >= 0.3 is 11.9 Å². The van der Waals surface area contributed by atoms with Crippen molar-refractivity contribution in [2.24, 2.45) is 0 Å². The highest BCUT2D eigenvalue weighted by molar-refractivity contribution is 5.95. The third-order valence-corrected chi connectivity index (χ3v) is 0.986. The maximum Gasteiger partial charge on any atom is 0.334 e. The van der Waals surface area contributed by atoms with Crippen LogP contribution < -0.4 is 0 Å². The van der Waals surface area contributed by atoms with Gasteiger partial charge in [0.1, 0.15) is 6.61 Å². The van der Waals surface area contributed by atoms with Gasteiger partial charge in [-0.15, -0.1) is 0 Å². The fraction of sp³-hybridized carbons (Fsp3) is 0.429. The van der Waals surface area contributed by atoms with Crippen molar-refractivity contribution in [1.82, 2.24) is 0 Å². The number of rotatable bonds is 4. The van der Waals surface area contributed by atoms with E-state index in [2.05, 4.69) is 4.74 Å². The Kier molecular flexibility index (Phi) is 4.71. The second-order valence-electron chi connectivity index (χ2n) is 2.03. The van der Waals surface area contributed by atoms with E-state index in [0.717, 1.165) is 6.08 Å². The van der Waals surface area contributed by atoms with Crippen molar-refractivity contribution in [3.8, 4) is 0 Å². The number of esters is 1. The monoisotopic (exact) mass is 174 g/mol. The number of hydrogen-bond acceptors (Lipinski definition) is 4. The lowest BCUT2D eigenvalue weighted by Gasteiger charge is -2.00. The van der Waals surface area contributed by atoms with Crippen LogP contribution in [0.5, 0.6) is 0 Å². The molecule has 0 saturated carbocycles. The van der Waals surface area contributed by atoms with Gasteiger partial charge in [-0.1, -0.05) is 0 Å². The van der Waals surface area contributed by atoms with E-state index >= 15 is 0 Å². The number of aliphatic hydroxyl groups excluding tert-OH is 1. The first kappa shape index (κ1) is 10.6. The minimum absolute atomic E-state index is 0.00375. The molecule has 0 aromatic heterocycles. The van der Waals surface area contributed by atoms with Gasteiger partial charge < -0.3 is 14.9 Å². The summed E-state index contributed by atoms with van der Waals surface area (Å²) in [7, 11) is 0. The Labute approximate surface area is 69.3 Å². The molecule has 5 nitrogen and oxygen atoms in total. The van der Waals surface area contributed by atoms with Gasteiger partial charge in [0.15, 0.2) is 0 Å². The molecular weight excluding hydrogens is 164 g/mol. The molecule has 0 spiro atoms. The number of carboxylic acid groups (broad SMARTS) is 1. The van der Waals surface area contributed by atoms with Gasteiger partial charge in [0.05, 0.1) is 6.61 Å². The third kappa shape index (κ3) is 4.45. The van der Waals surface area contributed by atoms with E-state index in [9.17, 15) is 9.59 Å². The van der Waals surface area contributed by atoms with Gasteiger partial charge in [0.2, 0.25) is 0 Å². The van der Waals surface area contributed by atoms with Crippen molar-refractivity contribution >= 4 is 11.9 Å².